The number of rotatable bonds is 4. The maximum Gasteiger partial charge on any atom is 0.573 e. The zero-order valence-electron chi connectivity index (χ0n) is 20.1. The molecule has 5 rings (SSSR count). The van der Waals surface area contributed by atoms with Crippen molar-refractivity contribution in [1.82, 2.24) is 0 Å². The summed E-state index contributed by atoms with van der Waals surface area (Å²) in [6.45, 7) is 4.61. The second-order valence-electron chi connectivity index (χ2n) is 10.0. The van der Waals surface area contributed by atoms with Gasteiger partial charge in [0.05, 0.1) is 6.54 Å². The Morgan fingerprint density at radius 2 is 1.42 bits per heavy atom. The molecule has 0 radical (unpaired) electrons. The highest BCUT2D eigenvalue weighted by Gasteiger charge is 2.43. The fraction of sp³-hybridized carbons (Fsp3) is 0.276. The maximum absolute atomic E-state index is 13.4. The van der Waals surface area contributed by atoms with Crippen LogP contribution in [0.4, 0.5) is 24.5 Å². The number of anilines is 2. The van der Waals surface area contributed by atoms with E-state index in [1.54, 1.807) is 12.1 Å². The molecule has 186 valence electrons. The van der Waals surface area contributed by atoms with Gasteiger partial charge >= 0.3 is 6.36 Å². The number of ketones is 1. The molecule has 0 saturated heterocycles. The van der Waals surface area contributed by atoms with E-state index in [1.807, 2.05) is 60.7 Å². The number of alkyl halides is 3. The van der Waals surface area contributed by atoms with Crippen LogP contribution in [0.5, 0.6) is 5.75 Å². The number of carbonyl (C=O) groups excluding carboxylic acids is 1. The van der Waals surface area contributed by atoms with Crippen LogP contribution in [0.3, 0.4) is 0 Å². The molecule has 0 N–H and O–H groups in total. The molecule has 1 aliphatic carbocycles. The van der Waals surface area contributed by atoms with Crippen LogP contribution in [0.15, 0.2) is 96.2 Å². The fourth-order valence-electron chi connectivity index (χ4n) is 5.19. The number of hydrogen-bond acceptors (Lipinski definition) is 4. The van der Waals surface area contributed by atoms with Crippen molar-refractivity contribution in [1.29, 1.82) is 0 Å². The summed E-state index contributed by atoms with van der Waals surface area (Å²) in [4.78, 5) is 17.7. The second kappa shape index (κ2) is 9.04. The Morgan fingerprint density at radius 1 is 0.833 bits per heavy atom. The molecule has 0 aromatic heterocycles. The molecule has 0 amide bonds. The smallest absolute Gasteiger partial charge is 0.406 e. The zero-order valence-corrected chi connectivity index (χ0v) is 20.1. The van der Waals surface area contributed by atoms with Crippen LogP contribution in [0.2, 0.25) is 0 Å². The van der Waals surface area contributed by atoms with Gasteiger partial charge in [0.25, 0.3) is 0 Å². The SMILES string of the molecule is CC1(C)CC(=O)C2=C(C1)N(c1ccccc1)C(c1ccc(OC(F)(F)F)cc1)N(c1ccccc1)C2. The van der Waals surface area contributed by atoms with E-state index in [1.165, 1.54) is 12.1 Å². The minimum Gasteiger partial charge on any atom is -0.406 e. The Kier molecular flexibility index (Phi) is 6.02. The molecule has 1 unspecified atom stereocenters. The molecule has 36 heavy (non-hydrogen) atoms. The van der Waals surface area contributed by atoms with Crippen molar-refractivity contribution >= 4 is 17.2 Å². The third-order valence-electron chi connectivity index (χ3n) is 6.66. The molecule has 0 bridgehead atoms. The van der Waals surface area contributed by atoms with Crippen molar-refractivity contribution in [3.63, 3.8) is 0 Å². The molecule has 1 heterocycles. The lowest BCUT2D eigenvalue weighted by Gasteiger charge is -2.51. The minimum atomic E-state index is -4.76. The van der Waals surface area contributed by atoms with E-state index in [-0.39, 0.29) is 23.1 Å². The molecule has 3 aromatic rings. The summed E-state index contributed by atoms with van der Waals surface area (Å²) in [5, 5.41) is 0. The average molecular weight is 493 g/mol. The van der Waals surface area contributed by atoms with Crippen molar-refractivity contribution in [3.05, 3.63) is 102 Å². The van der Waals surface area contributed by atoms with E-state index in [0.29, 0.717) is 13.0 Å². The first-order valence-electron chi connectivity index (χ1n) is 11.9. The summed E-state index contributed by atoms with van der Waals surface area (Å²) in [5.41, 5.74) is 4.18. The van der Waals surface area contributed by atoms with E-state index in [0.717, 1.165) is 34.6 Å². The molecule has 0 spiro atoms. The predicted octanol–water partition coefficient (Wildman–Crippen LogP) is 7.25. The van der Waals surface area contributed by atoms with E-state index >= 15 is 0 Å². The summed E-state index contributed by atoms with van der Waals surface area (Å²) in [6.07, 6.45) is -3.94. The lowest BCUT2D eigenvalue weighted by molar-refractivity contribution is -0.274. The number of Topliss-reactive ketones (excluding diaryl/α,β-unsaturated/α-hetero) is 1. The number of para-hydroxylation sites is 2. The standard InChI is InChI=1S/C29H27F3N2O2/c1-28(2)17-25-24(26(35)18-28)19-33(21-9-5-3-6-10-21)27(34(25)22-11-7-4-8-12-22)20-13-15-23(16-14-20)36-29(30,31)32/h3-16,27H,17-19H2,1-2H3. The molecular weight excluding hydrogens is 465 g/mol. The summed E-state index contributed by atoms with van der Waals surface area (Å²) in [6, 6.07) is 25.6. The average Bonchev–Trinajstić information content (AvgIpc) is 2.83. The Hall–Kier alpha value is -3.74. The monoisotopic (exact) mass is 492 g/mol. The number of nitrogens with zero attached hydrogens (tertiary/aromatic N) is 2. The number of halogens is 3. The number of carbonyl (C=O) groups is 1. The zero-order chi connectivity index (χ0) is 25.5. The molecule has 1 aliphatic heterocycles. The van der Waals surface area contributed by atoms with Crippen molar-refractivity contribution in [2.75, 3.05) is 16.3 Å². The highest BCUT2D eigenvalue weighted by atomic mass is 19.4. The van der Waals surface area contributed by atoms with Crippen LogP contribution in [-0.2, 0) is 4.79 Å². The van der Waals surface area contributed by atoms with Crippen LogP contribution >= 0.6 is 0 Å². The highest BCUT2D eigenvalue weighted by Crippen LogP contribution is 2.48. The van der Waals surface area contributed by atoms with Crippen molar-refractivity contribution in [2.24, 2.45) is 5.41 Å². The van der Waals surface area contributed by atoms with Gasteiger partial charge in [0, 0.05) is 29.1 Å². The number of allylic oxidation sites excluding steroid dienone is 1. The molecule has 0 fully saturated rings. The van der Waals surface area contributed by atoms with E-state index in [2.05, 4.69) is 28.4 Å². The van der Waals surface area contributed by atoms with Gasteiger partial charge < -0.3 is 14.5 Å². The molecule has 4 nitrogen and oxygen atoms in total. The lowest BCUT2D eigenvalue weighted by atomic mass is 9.74. The van der Waals surface area contributed by atoms with Crippen LogP contribution in [-0.4, -0.2) is 18.7 Å². The van der Waals surface area contributed by atoms with Gasteiger partial charge in [0.1, 0.15) is 11.9 Å². The normalized spacial score (nSPS) is 19.8. The molecule has 2 aliphatic rings. The number of ether oxygens (including phenoxy) is 1. The van der Waals surface area contributed by atoms with E-state index in [4.69, 9.17) is 0 Å². The van der Waals surface area contributed by atoms with Gasteiger partial charge in [-0.15, -0.1) is 13.2 Å². The number of hydrogen-bond donors (Lipinski definition) is 0. The van der Waals surface area contributed by atoms with Gasteiger partial charge in [-0.3, -0.25) is 4.79 Å². The van der Waals surface area contributed by atoms with Crippen LogP contribution in [0.25, 0.3) is 0 Å². The first kappa shape index (κ1) is 24.0. The highest BCUT2D eigenvalue weighted by molar-refractivity contribution is 6.00. The van der Waals surface area contributed by atoms with Crippen LogP contribution < -0.4 is 14.5 Å². The Balaban J connectivity index is 1.69. The van der Waals surface area contributed by atoms with E-state index in [9.17, 15) is 18.0 Å². The van der Waals surface area contributed by atoms with Gasteiger partial charge in [0.2, 0.25) is 0 Å². The van der Waals surface area contributed by atoms with Crippen molar-refractivity contribution in [2.45, 2.75) is 39.2 Å². The molecule has 1 atom stereocenters. The maximum atomic E-state index is 13.4. The largest absolute Gasteiger partial charge is 0.573 e. The summed E-state index contributed by atoms with van der Waals surface area (Å²) in [7, 11) is 0. The van der Waals surface area contributed by atoms with Crippen molar-refractivity contribution in [3.8, 4) is 5.75 Å². The Bertz CT molecular complexity index is 1270. The summed E-state index contributed by atoms with van der Waals surface area (Å²) < 4.78 is 42.5. The summed E-state index contributed by atoms with van der Waals surface area (Å²) >= 11 is 0. The fourth-order valence-corrected chi connectivity index (χ4v) is 5.19. The van der Waals surface area contributed by atoms with E-state index < -0.39 is 6.36 Å². The summed E-state index contributed by atoms with van der Waals surface area (Å²) in [5.74, 6) is -0.135. The van der Waals surface area contributed by atoms with Gasteiger partial charge in [-0.05, 0) is 53.8 Å². The Morgan fingerprint density at radius 3 is 2.00 bits per heavy atom. The molecular formula is C29H27F3N2O2. The van der Waals surface area contributed by atoms with Crippen LogP contribution in [0, 0.1) is 5.41 Å². The van der Waals surface area contributed by atoms with Gasteiger partial charge in [-0.1, -0.05) is 62.4 Å². The lowest BCUT2D eigenvalue weighted by Crippen LogP contribution is -2.51. The second-order valence-corrected chi connectivity index (χ2v) is 10.0. The molecule has 3 aromatic carbocycles. The first-order chi connectivity index (χ1) is 17.1. The molecule has 7 heteroatoms. The third kappa shape index (κ3) is 4.83. The Labute approximate surface area is 208 Å². The van der Waals surface area contributed by atoms with Gasteiger partial charge in [-0.2, -0.15) is 0 Å². The van der Waals surface area contributed by atoms with Crippen molar-refractivity contribution < 1.29 is 22.7 Å². The van der Waals surface area contributed by atoms with Crippen LogP contribution in [0.1, 0.15) is 38.4 Å². The number of benzene rings is 3. The first-order valence-corrected chi connectivity index (χ1v) is 11.9. The quantitative estimate of drug-likeness (QED) is 0.384. The third-order valence-corrected chi connectivity index (χ3v) is 6.66. The molecule has 0 saturated carbocycles. The predicted molar refractivity (Wildman–Crippen MR) is 134 cm³/mol. The minimum absolute atomic E-state index is 0.135. The van der Waals surface area contributed by atoms with Gasteiger partial charge in [0.15, 0.2) is 5.78 Å². The topological polar surface area (TPSA) is 32.8 Å². The van der Waals surface area contributed by atoms with Gasteiger partial charge in [-0.25, -0.2) is 0 Å².